The molecule has 0 aromatic rings. The van der Waals surface area contributed by atoms with Crippen LogP contribution >= 0.6 is 0 Å². The molecule has 3 aliphatic rings. The highest BCUT2D eigenvalue weighted by molar-refractivity contribution is 5.67. The van der Waals surface area contributed by atoms with E-state index in [9.17, 15) is 9.90 Å². The van der Waals surface area contributed by atoms with Crippen LogP contribution in [-0.4, -0.2) is 68.5 Å². The summed E-state index contributed by atoms with van der Waals surface area (Å²) in [6.07, 6.45) is 0.955. The van der Waals surface area contributed by atoms with Crippen molar-refractivity contribution in [2.24, 2.45) is 10.8 Å². The molecule has 1 aliphatic carbocycles. The van der Waals surface area contributed by atoms with Crippen LogP contribution in [0.3, 0.4) is 0 Å². The van der Waals surface area contributed by atoms with Crippen molar-refractivity contribution in [3.63, 3.8) is 0 Å². The number of alkyl carbamates (subject to hydrolysis) is 1. The smallest absolute Gasteiger partial charge is 0.407 e. The van der Waals surface area contributed by atoms with Gasteiger partial charge in [-0.2, -0.15) is 0 Å². The molecule has 7 nitrogen and oxygen atoms in total. The van der Waals surface area contributed by atoms with Gasteiger partial charge in [0.15, 0.2) is 6.10 Å². The first-order valence-electron chi connectivity index (χ1n) is 9.24. The predicted octanol–water partition coefficient (Wildman–Crippen LogP) is 1.04. The van der Waals surface area contributed by atoms with E-state index in [-0.39, 0.29) is 36.3 Å². The van der Waals surface area contributed by atoms with E-state index >= 15 is 0 Å². The number of nitrogens with one attached hydrogen (secondary N) is 2. The maximum absolute atomic E-state index is 12.2. The Labute approximate surface area is 149 Å². The Morgan fingerprint density at radius 3 is 2.64 bits per heavy atom. The molecular formula is C18H32N2O5. The average Bonchev–Trinajstić information content (AvgIpc) is 3.08. The van der Waals surface area contributed by atoms with Gasteiger partial charge in [-0.25, -0.2) is 4.79 Å². The molecule has 0 aromatic heterocycles. The topological polar surface area (TPSA) is 89.1 Å². The molecule has 0 spiro atoms. The Kier molecular flexibility index (Phi) is 5.31. The number of hydrogen-bond donors (Lipinski definition) is 3. The second kappa shape index (κ2) is 7.02. The summed E-state index contributed by atoms with van der Waals surface area (Å²) in [6.45, 7) is 7.88. The molecule has 6 atom stereocenters. The summed E-state index contributed by atoms with van der Waals surface area (Å²) in [4.78, 5) is 12.2. The first kappa shape index (κ1) is 18.9. The number of aliphatic hydroxyl groups excluding tert-OH is 1. The standard InChI is InChI=1S/C18H32N2O5/c1-17(2)5-11(19-4)6-18(3,9-17)10-20-16(22)25-13-8-24-14-12(21)7-23-15(13)14/h11-15,19,21H,5-10H2,1-4H3,(H,20,22). The minimum absolute atomic E-state index is 0.0310. The monoisotopic (exact) mass is 356 g/mol. The zero-order chi connectivity index (χ0) is 18.2. The summed E-state index contributed by atoms with van der Waals surface area (Å²) in [6, 6.07) is 0.462. The van der Waals surface area contributed by atoms with Crippen LogP contribution in [0.4, 0.5) is 4.79 Å². The molecule has 144 valence electrons. The number of aliphatic hydroxyl groups is 1. The number of carbonyl (C=O) groups excluding carboxylic acids is 1. The molecule has 7 heteroatoms. The van der Waals surface area contributed by atoms with Crippen molar-refractivity contribution in [2.45, 2.75) is 70.5 Å². The molecule has 1 amide bonds. The van der Waals surface area contributed by atoms with Crippen LogP contribution in [0, 0.1) is 10.8 Å². The highest BCUT2D eigenvalue weighted by atomic mass is 16.6. The number of rotatable bonds is 4. The molecule has 1 saturated carbocycles. The van der Waals surface area contributed by atoms with E-state index in [0.717, 1.165) is 19.3 Å². The van der Waals surface area contributed by atoms with E-state index in [1.807, 2.05) is 7.05 Å². The second-order valence-corrected chi connectivity index (χ2v) is 9.01. The van der Waals surface area contributed by atoms with Gasteiger partial charge in [-0.05, 0) is 37.1 Å². The molecule has 0 aromatic carbocycles. The average molecular weight is 356 g/mol. The molecule has 0 radical (unpaired) electrons. The van der Waals surface area contributed by atoms with Gasteiger partial charge >= 0.3 is 6.09 Å². The Balaban J connectivity index is 1.50. The number of carbonyl (C=O) groups is 1. The zero-order valence-electron chi connectivity index (χ0n) is 15.7. The Bertz CT molecular complexity index is 500. The third-order valence-electron chi connectivity index (χ3n) is 5.75. The van der Waals surface area contributed by atoms with Crippen LogP contribution in [-0.2, 0) is 14.2 Å². The summed E-state index contributed by atoms with van der Waals surface area (Å²) in [5.41, 5.74) is 0.274. The molecule has 0 bridgehead atoms. The zero-order valence-corrected chi connectivity index (χ0v) is 15.7. The van der Waals surface area contributed by atoms with Gasteiger partial charge < -0.3 is 30.0 Å². The van der Waals surface area contributed by atoms with E-state index in [0.29, 0.717) is 12.6 Å². The van der Waals surface area contributed by atoms with Gasteiger partial charge in [-0.3, -0.25) is 0 Å². The minimum Gasteiger partial charge on any atom is -0.441 e. The van der Waals surface area contributed by atoms with Crippen LogP contribution in [0.25, 0.3) is 0 Å². The molecule has 2 heterocycles. The van der Waals surface area contributed by atoms with E-state index in [1.54, 1.807) is 0 Å². The van der Waals surface area contributed by atoms with Crippen LogP contribution < -0.4 is 10.6 Å². The van der Waals surface area contributed by atoms with E-state index < -0.39 is 18.3 Å². The van der Waals surface area contributed by atoms with Crippen molar-refractivity contribution in [2.75, 3.05) is 26.8 Å². The summed E-state index contributed by atoms with van der Waals surface area (Å²) < 4.78 is 16.5. The van der Waals surface area contributed by atoms with Gasteiger partial charge in [0.1, 0.15) is 18.3 Å². The van der Waals surface area contributed by atoms with Gasteiger partial charge in [0.05, 0.1) is 13.2 Å². The predicted molar refractivity (Wildman–Crippen MR) is 92.3 cm³/mol. The van der Waals surface area contributed by atoms with Gasteiger partial charge in [-0.1, -0.05) is 20.8 Å². The van der Waals surface area contributed by atoms with E-state index in [1.165, 1.54) is 0 Å². The van der Waals surface area contributed by atoms with Crippen LogP contribution in [0.5, 0.6) is 0 Å². The quantitative estimate of drug-likeness (QED) is 0.698. The number of ether oxygens (including phenoxy) is 3. The second-order valence-electron chi connectivity index (χ2n) is 9.01. The maximum Gasteiger partial charge on any atom is 0.407 e. The first-order chi connectivity index (χ1) is 11.7. The summed E-state index contributed by atoms with van der Waals surface area (Å²) in [7, 11) is 2.00. The third-order valence-corrected chi connectivity index (χ3v) is 5.75. The first-order valence-corrected chi connectivity index (χ1v) is 9.24. The molecule has 6 unspecified atom stereocenters. The van der Waals surface area contributed by atoms with Crippen molar-refractivity contribution in [1.29, 1.82) is 0 Å². The Morgan fingerprint density at radius 2 is 1.92 bits per heavy atom. The summed E-state index contributed by atoms with van der Waals surface area (Å²) >= 11 is 0. The van der Waals surface area contributed by atoms with Crippen LogP contribution in [0.15, 0.2) is 0 Å². The van der Waals surface area contributed by atoms with Gasteiger partial charge in [0, 0.05) is 12.6 Å². The lowest BCUT2D eigenvalue weighted by molar-refractivity contribution is -0.00817. The SMILES string of the molecule is CNC1CC(C)(C)CC(C)(CNC(=O)OC2COC3C(O)COC23)C1. The summed E-state index contributed by atoms with van der Waals surface area (Å²) in [5, 5.41) is 16.1. The minimum atomic E-state index is -0.636. The fraction of sp³-hybridized carbons (Fsp3) is 0.944. The Morgan fingerprint density at radius 1 is 1.20 bits per heavy atom. The maximum atomic E-state index is 12.2. The summed E-state index contributed by atoms with van der Waals surface area (Å²) in [5.74, 6) is 0. The molecule has 2 aliphatic heterocycles. The van der Waals surface area contributed by atoms with E-state index in [4.69, 9.17) is 14.2 Å². The van der Waals surface area contributed by atoms with Crippen molar-refractivity contribution in [3.05, 3.63) is 0 Å². The highest BCUT2D eigenvalue weighted by Gasteiger charge is 2.49. The molecule has 25 heavy (non-hydrogen) atoms. The lowest BCUT2D eigenvalue weighted by Crippen LogP contribution is -2.49. The molecule has 3 N–H and O–H groups in total. The van der Waals surface area contributed by atoms with Gasteiger partial charge in [0.2, 0.25) is 0 Å². The number of amides is 1. The lowest BCUT2D eigenvalue weighted by atomic mass is 9.62. The molecule has 3 rings (SSSR count). The van der Waals surface area contributed by atoms with Gasteiger partial charge in [0.25, 0.3) is 0 Å². The van der Waals surface area contributed by atoms with E-state index in [2.05, 4.69) is 31.4 Å². The number of fused-ring (bicyclic) bond motifs is 1. The fourth-order valence-corrected chi connectivity index (χ4v) is 4.98. The molecular weight excluding hydrogens is 324 g/mol. The van der Waals surface area contributed by atoms with Crippen molar-refractivity contribution < 1.29 is 24.1 Å². The largest absolute Gasteiger partial charge is 0.441 e. The van der Waals surface area contributed by atoms with Crippen molar-refractivity contribution in [3.8, 4) is 0 Å². The molecule has 3 fully saturated rings. The highest BCUT2D eigenvalue weighted by Crippen LogP contribution is 2.45. The normalized spacial score (nSPS) is 42.8. The fourth-order valence-electron chi connectivity index (χ4n) is 4.98. The van der Waals surface area contributed by atoms with Crippen molar-refractivity contribution >= 4 is 6.09 Å². The van der Waals surface area contributed by atoms with Gasteiger partial charge in [-0.15, -0.1) is 0 Å². The third kappa shape index (κ3) is 4.27. The Hall–Kier alpha value is -0.890. The molecule has 2 saturated heterocycles. The number of hydrogen-bond acceptors (Lipinski definition) is 6. The lowest BCUT2D eigenvalue weighted by Gasteiger charge is -2.46. The van der Waals surface area contributed by atoms with Crippen molar-refractivity contribution in [1.82, 2.24) is 10.6 Å². The van der Waals surface area contributed by atoms with Crippen LogP contribution in [0.2, 0.25) is 0 Å². The van der Waals surface area contributed by atoms with Crippen LogP contribution in [0.1, 0.15) is 40.0 Å².